The number of nitrogen functional groups attached to an aromatic ring is 1. The minimum absolute atomic E-state index is 0.474. The predicted molar refractivity (Wildman–Crippen MR) is 65.9 cm³/mol. The van der Waals surface area contributed by atoms with Gasteiger partial charge < -0.3 is 11.1 Å². The fourth-order valence-corrected chi connectivity index (χ4v) is 1.42. The molecule has 3 N–H and O–H groups in total. The molecule has 0 spiro atoms. The zero-order valence-corrected chi connectivity index (χ0v) is 9.49. The fraction of sp³-hybridized carbons (Fsp3) is 0.0909. The number of nitrogens with zero attached hydrogens (tertiary/aromatic N) is 2. The van der Waals surface area contributed by atoms with Crippen LogP contribution in [0, 0.1) is 6.92 Å². The molecule has 0 unspecified atom stereocenters. The van der Waals surface area contributed by atoms with Gasteiger partial charge in [-0.1, -0.05) is 17.7 Å². The molecule has 5 heteroatoms. The smallest absolute Gasteiger partial charge is 0.227 e. The molecule has 0 aliphatic carbocycles. The Hall–Kier alpha value is -1.81. The van der Waals surface area contributed by atoms with Crippen molar-refractivity contribution in [3.63, 3.8) is 0 Å². The summed E-state index contributed by atoms with van der Waals surface area (Å²) in [5, 5.41) is 3.66. The highest BCUT2D eigenvalue weighted by Gasteiger charge is 2.02. The molecule has 0 amide bonds. The number of nitrogens with one attached hydrogen (secondary N) is 1. The second-order valence-corrected chi connectivity index (χ2v) is 3.86. The Morgan fingerprint density at radius 2 is 1.94 bits per heavy atom. The van der Waals surface area contributed by atoms with Crippen molar-refractivity contribution in [3.8, 4) is 0 Å². The second kappa shape index (κ2) is 4.37. The Bertz CT molecular complexity index is 496. The van der Waals surface area contributed by atoms with Gasteiger partial charge in [-0.15, -0.1) is 0 Å². The standard InChI is InChI=1S/C11H11ClN4/c1-7-2-3-9(12)10(4-7)16-11-14-5-8(13)6-15-11/h2-6H,13H2,1H3,(H,14,15,16). The molecule has 4 nitrogen and oxygen atoms in total. The molecular formula is C11H11ClN4. The van der Waals surface area contributed by atoms with Crippen molar-refractivity contribution in [2.45, 2.75) is 6.92 Å². The Kier molecular flexibility index (Phi) is 2.92. The number of halogens is 1. The van der Waals surface area contributed by atoms with Crippen LogP contribution in [-0.4, -0.2) is 9.97 Å². The normalized spacial score (nSPS) is 10.1. The Morgan fingerprint density at radius 3 is 2.62 bits per heavy atom. The number of hydrogen-bond acceptors (Lipinski definition) is 4. The van der Waals surface area contributed by atoms with Crippen LogP contribution in [0.4, 0.5) is 17.3 Å². The van der Waals surface area contributed by atoms with E-state index in [-0.39, 0.29) is 0 Å². The molecule has 0 aliphatic rings. The summed E-state index contributed by atoms with van der Waals surface area (Å²) in [7, 11) is 0. The van der Waals surface area contributed by atoms with E-state index in [2.05, 4.69) is 15.3 Å². The Balaban J connectivity index is 2.26. The highest BCUT2D eigenvalue weighted by atomic mass is 35.5. The predicted octanol–water partition coefficient (Wildman–Crippen LogP) is 2.76. The van der Waals surface area contributed by atoms with E-state index in [0.717, 1.165) is 11.3 Å². The monoisotopic (exact) mass is 234 g/mol. The maximum Gasteiger partial charge on any atom is 0.227 e. The summed E-state index contributed by atoms with van der Waals surface area (Å²) >= 11 is 6.03. The first-order valence-corrected chi connectivity index (χ1v) is 5.13. The molecule has 0 saturated heterocycles. The van der Waals surface area contributed by atoms with Gasteiger partial charge in [-0.3, -0.25) is 0 Å². The van der Waals surface area contributed by atoms with Gasteiger partial charge in [-0.05, 0) is 24.6 Å². The van der Waals surface area contributed by atoms with Gasteiger partial charge in [0.05, 0.1) is 28.8 Å². The van der Waals surface area contributed by atoms with E-state index in [4.69, 9.17) is 17.3 Å². The van der Waals surface area contributed by atoms with Crippen molar-refractivity contribution in [2.75, 3.05) is 11.1 Å². The summed E-state index contributed by atoms with van der Waals surface area (Å²) in [6.07, 6.45) is 3.08. The van der Waals surface area contributed by atoms with Crippen LogP contribution in [-0.2, 0) is 0 Å². The third kappa shape index (κ3) is 2.41. The number of aromatic nitrogens is 2. The number of anilines is 3. The van der Waals surface area contributed by atoms with Crippen molar-refractivity contribution < 1.29 is 0 Å². The zero-order chi connectivity index (χ0) is 11.5. The Morgan fingerprint density at radius 1 is 1.25 bits per heavy atom. The lowest BCUT2D eigenvalue weighted by molar-refractivity contribution is 1.17. The van der Waals surface area contributed by atoms with Crippen LogP contribution in [0.1, 0.15) is 5.56 Å². The highest BCUT2D eigenvalue weighted by molar-refractivity contribution is 6.33. The van der Waals surface area contributed by atoms with E-state index in [1.165, 1.54) is 0 Å². The van der Waals surface area contributed by atoms with Gasteiger partial charge in [-0.2, -0.15) is 0 Å². The van der Waals surface area contributed by atoms with Crippen LogP contribution < -0.4 is 11.1 Å². The van der Waals surface area contributed by atoms with E-state index in [1.807, 2.05) is 25.1 Å². The van der Waals surface area contributed by atoms with E-state index in [0.29, 0.717) is 16.7 Å². The molecule has 0 atom stereocenters. The van der Waals surface area contributed by atoms with Crippen LogP contribution in [0.3, 0.4) is 0 Å². The molecule has 2 rings (SSSR count). The molecule has 0 bridgehead atoms. The van der Waals surface area contributed by atoms with Gasteiger partial charge in [0.15, 0.2) is 0 Å². The lowest BCUT2D eigenvalue weighted by atomic mass is 10.2. The number of rotatable bonds is 2. The molecule has 0 radical (unpaired) electrons. The molecule has 82 valence electrons. The second-order valence-electron chi connectivity index (χ2n) is 3.45. The van der Waals surface area contributed by atoms with Crippen LogP contribution in [0.2, 0.25) is 5.02 Å². The van der Waals surface area contributed by atoms with Gasteiger partial charge in [0.25, 0.3) is 0 Å². The van der Waals surface area contributed by atoms with E-state index < -0.39 is 0 Å². The number of aryl methyl sites for hydroxylation is 1. The minimum atomic E-state index is 0.474. The van der Waals surface area contributed by atoms with Crippen molar-refractivity contribution in [1.82, 2.24) is 9.97 Å². The summed E-state index contributed by atoms with van der Waals surface area (Å²) in [6.45, 7) is 1.99. The molecule has 1 heterocycles. The minimum Gasteiger partial charge on any atom is -0.396 e. The largest absolute Gasteiger partial charge is 0.396 e. The summed E-state index contributed by atoms with van der Waals surface area (Å²) in [6, 6.07) is 5.70. The maximum absolute atomic E-state index is 6.03. The maximum atomic E-state index is 6.03. The van der Waals surface area contributed by atoms with Crippen molar-refractivity contribution in [3.05, 3.63) is 41.2 Å². The van der Waals surface area contributed by atoms with Crippen molar-refractivity contribution in [2.24, 2.45) is 0 Å². The summed E-state index contributed by atoms with van der Waals surface area (Å²) in [4.78, 5) is 8.08. The zero-order valence-electron chi connectivity index (χ0n) is 8.74. The number of hydrogen-bond donors (Lipinski definition) is 2. The molecule has 2 aromatic rings. The van der Waals surface area contributed by atoms with Gasteiger partial charge in [0.2, 0.25) is 5.95 Å². The van der Waals surface area contributed by atoms with Gasteiger partial charge in [-0.25, -0.2) is 9.97 Å². The lowest BCUT2D eigenvalue weighted by Crippen LogP contribution is -1.98. The van der Waals surface area contributed by atoms with Crippen LogP contribution in [0.15, 0.2) is 30.6 Å². The van der Waals surface area contributed by atoms with Crippen LogP contribution in [0.5, 0.6) is 0 Å². The molecule has 0 aliphatic heterocycles. The third-order valence-electron chi connectivity index (χ3n) is 2.04. The third-order valence-corrected chi connectivity index (χ3v) is 2.37. The average molecular weight is 235 g/mol. The van der Waals surface area contributed by atoms with Crippen LogP contribution >= 0.6 is 11.6 Å². The quantitative estimate of drug-likeness (QED) is 0.839. The van der Waals surface area contributed by atoms with Crippen molar-refractivity contribution in [1.29, 1.82) is 0 Å². The topological polar surface area (TPSA) is 63.8 Å². The lowest BCUT2D eigenvalue weighted by Gasteiger charge is -2.07. The summed E-state index contributed by atoms with van der Waals surface area (Å²) in [5.41, 5.74) is 7.92. The van der Waals surface area contributed by atoms with Gasteiger partial charge >= 0.3 is 0 Å². The van der Waals surface area contributed by atoms with Gasteiger partial charge in [0, 0.05) is 0 Å². The molecule has 0 fully saturated rings. The molecule has 16 heavy (non-hydrogen) atoms. The molecule has 1 aromatic heterocycles. The first-order valence-electron chi connectivity index (χ1n) is 4.76. The SMILES string of the molecule is Cc1ccc(Cl)c(Nc2ncc(N)cn2)c1. The fourth-order valence-electron chi connectivity index (χ4n) is 1.26. The average Bonchev–Trinajstić information content (AvgIpc) is 2.27. The van der Waals surface area contributed by atoms with E-state index >= 15 is 0 Å². The first-order chi connectivity index (χ1) is 7.65. The summed E-state index contributed by atoms with van der Waals surface area (Å²) in [5.74, 6) is 0.474. The Labute approximate surface area is 98.5 Å². The van der Waals surface area contributed by atoms with E-state index in [1.54, 1.807) is 12.4 Å². The van der Waals surface area contributed by atoms with Gasteiger partial charge in [0.1, 0.15) is 0 Å². The number of nitrogens with two attached hydrogens (primary N) is 1. The molecule has 1 aromatic carbocycles. The highest BCUT2D eigenvalue weighted by Crippen LogP contribution is 2.24. The number of benzene rings is 1. The molecular weight excluding hydrogens is 224 g/mol. The van der Waals surface area contributed by atoms with E-state index in [9.17, 15) is 0 Å². The van der Waals surface area contributed by atoms with Crippen molar-refractivity contribution >= 4 is 28.9 Å². The van der Waals surface area contributed by atoms with Crippen LogP contribution in [0.25, 0.3) is 0 Å². The first kappa shape index (κ1) is 10.7. The summed E-state index contributed by atoms with van der Waals surface area (Å²) < 4.78 is 0. The molecule has 0 saturated carbocycles.